The van der Waals surface area contributed by atoms with Crippen molar-refractivity contribution in [3.8, 4) is 6.01 Å². The lowest BCUT2D eigenvalue weighted by molar-refractivity contribution is 0.278. The highest BCUT2D eigenvalue weighted by molar-refractivity contribution is 5.16. The van der Waals surface area contributed by atoms with Crippen LogP contribution in [0.5, 0.6) is 6.01 Å². The lowest BCUT2D eigenvalue weighted by atomic mass is 9.92. The maximum absolute atomic E-state index is 5.61. The Balaban J connectivity index is 2.06. The number of hydrogen-bond donors (Lipinski definition) is 0. The fraction of sp³-hybridized carbons (Fsp3) is 0.333. The average Bonchev–Trinajstić information content (AvgIpc) is 2.37. The van der Waals surface area contributed by atoms with E-state index in [1.165, 1.54) is 0 Å². The van der Waals surface area contributed by atoms with E-state index >= 15 is 0 Å². The second-order valence-corrected chi connectivity index (χ2v) is 5.25. The Morgan fingerprint density at radius 3 is 2.44 bits per heavy atom. The van der Waals surface area contributed by atoms with Gasteiger partial charge in [-0.2, -0.15) is 4.98 Å². The molecule has 0 radical (unpaired) electrons. The minimum absolute atomic E-state index is 0.00774. The first-order chi connectivity index (χ1) is 8.55. The van der Waals surface area contributed by atoms with Gasteiger partial charge in [0.15, 0.2) is 0 Å². The quantitative estimate of drug-likeness (QED) is 0.827. The summed E-state index contributed by atoms with van der Waals surface area (Å²) in [7, 11) is 0. The van der Waals surface area contributed by atoms with Crippen molar-refractivity contribution in [2.75, 3.05) is 0 Å². The molecule has 2 aromatic rings. The smallest absolute Gasteiger partial charge is 0.316 e. The van der Waals surface area contributed by atoms with E-state index in [1.54, 1.807) is 6.20 Å². The maximum atomic E-state index is 5.61. The number of benzene rings is 1. The van der Waals surface area contributed by atoms with Crippen LogP contribution in [0, 0.1) is 0 Å². The number of rotatable bonds is 3. The van der Waals surface area contributed by atoms with E-state index in [-0.39, 0.29) is 5.41 Å². The molecule has 0 aliphatic heterocycles. The van der Waals surface area contributed by atoms with Gasteiger partial charge < -0.3 is 4.74 Å². The Bertz CT molecular complexity index is 503. The lowest BCUT2D eigenvalue weighted by Gasteiger charge is -2.17. The summed E-state index contributed by atoms with van der Waals surface area (Å²) >= 11 is 0. The molecular formula is C15H18N2O. The van der Waals surface area contributed by atoms with Gasteiger partial charge in [-0.25, -0.2) is 4.98 Å². The molecule has 3 heteroatoms. The molecule has 0 N–H and O–H groups in total. The third kappa shape index (κ3) is 3.29. The van der Waals surface area contributed by atoms with Crippen molar-refractivity contribution in [2.24, 2.45) is 0 Å². The maximum Gasteiger partial charge on any atom is 0.316 e. The Morgan fingerprint density at radius 2 is 1.78 bits per heavy atom. The van der Waals surface area contributed by atoms with Crippen LogP contribution in [0.2, 0.25) is 0 Å². The van der Waals surface area contributed by atoms with Crippen molar-refractivity contribution in [1.82, 2.24) is 9.97 Å². The molecule has 1 aromatic carbocycles. The molecule has 0 bridgehead atoms. The molecule has 0 fully saturated rings. The molecule has 2 rings (SSSR count). The van der Waals surface area contributed by atoms with Gasteiger partial charge in [0.25, 0.3) is 0 Å². The third-order valence-corrected chi connectivity index (χ3v) is 2.61. The summed E-state index contributed by atoms with van der Waals surface area (Å²) < 4.78 is 5.61. The minimum Gasteiger partial charge on any atom is -0.459 e. The summed E-state index contributed by atoms with van der Waals surface area (Å²) in [6, 6.07) is 12.4. The first-order valence-corrected chi connectivity index (χ1v) is 6.06. The zero-order valence-corrected chi connectivity index (χ0v) is 11.1. The van der Waals surface area contributed by atoms with E-state index in [1.807, 2.05) is 36.4 Å². The van der Waals surface area contributed by atoms with E-state index in [0.29, 0.717) is 12.6 Å². The molecule has 0 amide bonds. The monoisotopic (exact) mass is 242 g/mol. The minimum atomic E-state index is 0.00774. The van der Waals surface area contributed by atoms with Crippen molar-refractivity contribution >= 4 is 0 Å². The highest BCUT2D eigenvalue weighted by Crippen LogP contribution is 2.20. The van der Waals surface area contributed by atoms with E-state index in [2.05, 4.69) is 30.7 Å². The first-order valence-electron chi connectivity index (χ1n) is 6.06. The predicted molar refractivity (Wildman–Crippen MR) is 71.5 cm³/mol. The number of ether oxygens (including phenoxy) is 1. The molecule has 0 saturated heterocycles. The second-order valence-electron chi connectivity index (χ2n) is 5.25. The van der Waals surface area contributed by atoms with Gasteiger partial charge in [-0.05, 0) is 11.6 Å². The summed E-state index contributed by atoms with van der Waals surface area (Å²) in [4.78, 5) is 8.56. The summed E-state index contributed by atoms with van der Waals surface area (Å²) in [5, 5.41) is 0. The van der Waals surface area contributed by atoms with Crippen LogP contribution in [0.15, 0.2) is 42.6 Å². The normalized spacial score (nSPS) is 11.3. The van der Waals surface area contributed by atoms with Crippen LogP contribution in [-0.4, -0.2) is 9.97 Å². The molecule has 0 unspecified atom stereocenters. The molecular weight excluding hydrogens is 224 g/mol. The molecule has 0 saturated carbocycles. The van der Waals surface area contributed by atoms with Crippen LogP contribution in [-0.2, 0) is 12.0 Å². The molecule has 0 aliphatic rings. The third-order valence-electron chi connectivity index (χ3n) is 2.61. The molecule has 0 atom stereocenters. The molecule has 1 heterocycles. The zero-order valence-electron chi connectivity index (χ0n) is 11.1. The van der Waals surface area contributed by atoms with Crippen molar-refractivity contribution in [2.45, 2.75) is 32.8 Å². The lowest BCUT2D eigenvalue weighted by Crippen LogP contribution is -2.14. The highest BCUT2D eigenvalue weighted by Gasteiger charge is 2.16. The van der Waals surface area contributed by atoms with Crippen LogP contribution < -0.4 is 4.74 Å². The zero-order chi connectivity index (χ0) is 13.0. The Labute approximate surface area is 108 Å². The fourth-order valence-electron chi connectivity index (χ4n) is 1.55. The SMILES string of the molecule is CC(C)(C)c1ccnc(OCc2ccccc2)n1. The van der Waals surface area contributed by atoms with Gasteiger partial charge in [-0.3, -0.25) is 0 Å². The van der Waals surface area contributed by atoms with Crippen molar-refractivity contribution in [3.63, 3.8) is 0 Å². The van der Waals surface area contributed by atoms with E-state index < -0.39 is 0 Å². The highest BCUT2D eigenvalue weighted by atomic mass is 16.5. The number of aromatic nitrogens is 2. The van der Waals surface area contributed by atoms with Crippen molar-refractivity contribution in [1.29, 1.82) is 0 Å². The van der Waals surface area contributed by atoms with Crippen LogP contribution in [0.4, 0.5) is 0 Å². The summed E-state index contributed by atoms with van der Waals surface area (Å²) in [6.45, 7) is 6.86. The van der Waals surface area contributed by atoms with Crippen LogP contribution >= 0.6 is 0 Å². The number of hydrogen-bond acceptors (Lipinski definition) is 3. The largest absolute Gasteiger partial charge is 0.459 e. The van der Waals surface area contributed by atoms with Gasteiger partial charge in [-0.1, -0.05) is 51.1 Å². The molecule has 18 heavy (non-hydrogen) atoms. The fourth-order valence-corrected chi connectivity index (χ4v) is 1.55. The van der Waals surface area contributed by atoms with E-state index in [9.17, 15) is 0 Å². The van der Waals surface area contributed by atoms with Gasteiger partial charge in [-0.15, -0.1) is 0 Å². The van der Waals surface area contributed by atoms with Crippen LogP contribution in [0.1, 0.15) is 32.0 Å². The van der Waals surface area contributed by atoms with Gasteiger partial charge in [0.2, 0.25) is 0 Å². The molecule has 94 valence electrons. The van der Waals surface area contributed by atoms with Crippen LogP contribution in [0.3, 0.4) is 0 Å². The second kappa shape index (κ2) is 5.17. The molecule has 3 nitrogen and oxygen atoms in total. The summed E-state index contributed by atoms with van der Waals surface area (Å²) in [5.74, 6) is 0. The molecule has 1 aromatic heterocycles. The Hall–Kier alpha value is -1.90. The van der Waals surface area contributed by atoms with Crippen molar-refractivity contribution in [3.05, 3.63) is 53.9 Å². The van der Waals surface area contributed by atoms with Gasteiger partial charge in [0.1, 0.15) is 6.61 Å². The first kappa shape index (κ1) is 12.6. The summed E-state index contributed by atoms with van der Waals surface area (Å²) in [5.41, 5.74) is 2.11. The van der Waals surface area contributed by atoms with Crippen LogP contribution in [0.25, 0.3) is 0 Å². The van der Waals surface area contributed by atoms with E-state index in [4.69, 9.17) is 4.74 Å². The Kier molecular flexibility index (Phi) is 3.60. The van der Waals surface area contributed by atoms with Gasteiger partial charge in [0.05, 0.1) is 5.69 Å². The average molecular weight is 242 g/mol. The predicted octanol–water partition coefficient (Wildman–Crippen LogP) is 3.35. The van der Waals surface area contributed by atoms with Crippen molar-refractivity contribution < 1.29 is 4.74 Å². The van der Waals surface area contributed by atoms with E-state index in [0.717, 1.165) is 11.3 Å². The standard InChI is InChI=1S/C15H18N2O/c1-15(2,3)13-9-10-16-14(17-13)18-11-12-7-5-4-6-8-12/h4-10H,11H2,1-3H3. The molecule has 0 aliphatic carbocycles. The molecule has 0 spiro atoms. The Morgan fingerprint density at radius 1 is 1.06 bits per heavy atom. The van der Waals surface area contributed by atoms with Gasteiger partial charge >= 0.3 is 6.01 Å². The topological polar surface area (TPSA) is 35.0 Å². The summed E-state index contributed by atoms with van der Waals surface area (Å²) in [6.07, 6.45) is 1.74. The van der Waals surface area contributed by atoms with Gasteiger partial charge in [0, 0.05) is 11.6 Å². The number of nitrogens with zero attached hydrogens (tertiary/aromatic N) is 2.